The number of carbonyl (C=O) groups excluding carboxylic acids is 1. The average Bonchev–Trinajstić information content (AvgIpc) is 3.38. The first-order chi connectivity index (χ1) is 16.3. The summed E-state index contributed by atoms with van der Waals surface area (Å²) < 4.78 is 13.6. The van der Waals surface area contributed by atoms with E-state index in [-0.39, 0.29) is 0 Å². The Balaban J connectivity index is 1.27. The number of rotatable bonds is 11. The van der Waals surface area contributed by atoms with Crippen LogP contribution in [0.15, 0.2) is 116 Å². The zero-order valence-electron chi connectivity index (χ0n) is 18.1. The van der Waals surface area contributed by atoms with Crippen molar-refractivity contribution >= 4 is 17.8 Å². The van der Waals surface area contributed by atoms with Gasteiger partial charge in [0.1, 0.15) is 23.9 Å². The van der Waals surface area contributed by atoms with Crippen molar-refractivity contribution in [3.8, 4) is 17.2 Å². The monoisotopic (exact) mass is 439 g/mol. The maximum absolute atomic E-state index is 11.6. The van der Waals surface area contributed by atoms with Crippen LogP contribution in [0.5, 0.6) is 17.2 Å². The van der Waals surface area contributed by atoms with Gasteiger partial charge in [0.2, 0.25) is 6.41 Å². The molecule has 0 saturated heterocycles. The number of nitrogens with zero attached hydrogens (tertiary/aromatic N) is 2. The molecule has 0 saturated carbocycles. The minimum absolute atomic E-state index is 0.574. The largest absolute Gasteiger partial charge is 0.492 e. The second-order valence-electron chi connectivity index (χ2n) is 7.18. The van der Waals surface area contributed by atoms with E-state index in [0.717, 1.165) is 41.6 Å². The van der Waals surface area contributed by atoms with E-state index in [9.17, 15) is 4.79 Å². The van der Waals surface area contributed by atoms with Crippen LogP contribution < -0.4 is 19.7 Å². The Kier molecular flexibility index (Phi) is 7.42. The molecular formula is C27H25N3O3. The number of benzene rings is 3. The molecule has 1 aromatic heterocycles. The van der Waals surface area contributed by atoms with Crippen LogP contribution in [0.4, 0.5) is 11.4 Å². The first-order valence-electron chi connectivity index (χ1n) is 10.6. The second kappa shape index (κ2) is 11.2. The number of hydrogen-bond acceptors (Lipinski definition) is 4. The Labute approximate surface area is 193 Å². The third-order valence-corrected chi connectivity index (χ3v) is 4.85. The summed E-state index contributed by atoms with van der Waals surface area (Å²) in [6.45, 7) is 1.35. The third kappa shape index (κ3) is 6.51. The summed E-state index contributed by atoms with van der Waals surface area (Å²) in [6.07, 6.45) is 8.15. The molecule has 33 heavy (non-hydrogen) atoms. The fraction of sp³-hybridized carbons (Fsp3) is 0.0741. The third-order valence-electron chi connectivity index (χ3n) is 4.85. The molecule has 0 fully saturated rings. The van der Waals surface area contributed by atoms with Crippen molar-refractivity contribution in [2.75, 3.05) is 16.8 Å². The minimum Gasteiger partial charge on any atom is -0.492 e. The van der Waals surface area contributed by atoms with Gasteiger partial charge >= 0.3 is 0 Å². The van der Waals surface area contributed by atoms with Crippen LogP contribution in [0.3, 0.4) is 0 Å². The van der Waals surface area contributed by atoms with Crippen molar-refractivity contribution in [2.24, 2.45) is 0 Å². The maximum Gasteiger partial charge on any atom is 0.218 e. The van der Waals surface area contributed by atoms with Gasteiger partial charge in [-0.1, -0.05) is 18.2 Å². The standard InChI is InChI=1S/C27H25N3O3/c31-22-30(24-10-14-25(15-11-24)32-21-20-29-17-4-5-18-29)19-16-28-23-8-12-27(13-9-23)33-26-6-2-1-3-7-26/h1-19,22,28H,20-21H2/b19-16-. The van der Waals surface area contributed by atoms with Crippen molar-refractivity contribution in [2.45, 2.75) is 6.54 Å². The Morgan fingerprint density at radius 1 is 0.788 bits per heavy atom. The highest BCUT2D eigenvalue weighted by atomic mass is 16.5. The summed E-state index contributed by atoms with van der Waals surface area (Å²) in [7, 11) is 0. The molecule has 166 valence electrons. The quantitative estimate of drug-likeness (QED) is 0.295. The predicted octanol–water partition coefficient (Wildman–Crippen LogP) is 5.91. The van der Waals surface area contributed by atoms with E-state index in [0.29, 0.717) is 6.61 Å². The molecule has 0 spiro atoms. The first-order valence-corrected chi connectivity index (χ1v) is 10.6. The van der Waals surface area contributed by atoms with E-state index < -0.39 is 0 Å². The Bertz CT molecular complexity index is 1140. The highest BCUT2D eigenvalue weighted by Gasteiger charge is 2.03. The van der Waals surface area contributed by atoms with Crippen LogP contribution >= 0.6 is 0 Å². The van der Waals surface area contributed by atoms with Gasteiger partial charge < -0.3 is 19.4 Å². The fourth-order valence-electron chi connectivity index (χ4n) is 3.14. The van der Waals surface area contributed by atoms with Crippen LogP contribution in [0.25, 0.3) is 0 Å². The van der Waals surface area contributed by atoms with E-state index in [1.165, 1.54) is 4.90 Å². The first kappa shape index (κ1) is 21.8. The molecule has 0 radical (unpaired) electrons. The van der Waals surface area contributed by atoms with Crippen LogP contribution in [0.2, 0.25) is 0 Å². The number of carbonyl (C=O) groups is 1. The van der Waals surface area contributed by atoms with Crippen molar-refractivity contribution < 1.29 is 14.3 Å². The van der Waals surface area contributed by atoms with Gasteiger partial charge in [-0.2, -0.15) is 0 Å². The average molecular weight is 440 g/mol. The fourth-order valence-corrected chi connectivity index (χ4v) is 3.14. The topological polar surface area (TPSA) is 55.7 Å². The van der Waals surface area contributed by atoms with E-state index in [1.807, 2.05) is 103 Å². The lowest BCUT2D eigenvalue weighted by Gasteiger charge is -2.14. The lowest BCUT2D eigenvalue weighted by molar-refractivity contribution is -0.106. The summed E-state index contributed by atoms with van der Waals surface area (Å²) in [5, 5.41) is 3.16. The normalized spacial score (nSPS) is 10.7. The molecule has 0 aliphatic heterocycles. The van der Waals surface area contributed by atoms with Crippen LogP contribution in [-0.2, 0) is 11.3 Å². The second-order valence-corrected chi connectivity index (χ2v) is 7.18. The highest BCUT2D eigenvalue weighted by molar-refractivity contribution is 5.78. The van der Waals surface area contributed by atoms with E-state index in [1.54, 1.807) is 12.4 Å². The van der Waals surface area contributed by atoms with Gasteiger partial charge in [-0.05, 0) is 72.8 Å². The summed E-state index contributed by atoms with van der Waals surface area (Å²) in [6, 6.07) is 28.6. The summed E-state index contributed by atoms with van der Waals surface area (Å²) in [5.41, 5.74) is 1.62. The molecule has 0 aliphatic carbocycles. The molecule has 1 amide bonds. The minimum atomic E-state index is 0.574. The number of ether oxygens (including phenoxy) is 2. The zero-order valence-corrected chi connectivity index (χ0v) is 18.1. The van der Waals surface area contributed by atoms with Crippen LogP contribution in [0, 0.1) is 0 Å². The van der Waals surface area contributed by atoms with Crippen LogP contribution in [-0.4, -0.2) is 17.6 Å². The van der Waals surface area contributed by atoms with E-state index in [4.69, 9.17) is 9.47 Å². The lowest BCUT2D eigenvalue weighted by Crippen LogP contribution is -2.13. The summed E-state index contributed by atoms with van der Waals surface area (Å²) in [5.74, 6) is 2.30. The number of para-hydroxylation sites is 1. The number of hydrogen-bond donors (Lipinski definition) is 1. The molecular weight excluding hydrogens is 414 g/mol. The van der Waals surface area contributed by atoms with Gasteiger partial charge in [-0.15, -0.1) is 0 Å². The molecule has 3 aromatic carbocycles. The molecule has 0 atom stereocenters. The molecule has 0 aliphatic rings. The Morgan fingerprint density at radius 2 is 1.45 bits per heavy atom. The molecule has 0 unspecified atom stereocenters. The molecule has 4 rings (SSSR count). The van der Waals surface area contributed by atoms with Crippen molar-refractivity contribution in [3.05, 3.63) is 116 Å². The Hall–Kier alpha value is -4.45. The molecule has 6 nitrogen and oxygen atoms in total. The predicted molar refractivity (Wildman–Crippen MR) is 131 cm³/mol. The number of anilines is 2. The van der Waals surface area contributed by atoms with Crippen molar-refractivity contribution in [1.29, 1.82) is 0 Å². The smallest absolute Gasteiger partial charge is 0.218 e. The van der Waals surface area contributed by atoms with Gasteiger partial charge in [0.05, 0.1) is 6.54 Å². The molecule has 4 aromatic rings. The van der Waals surface area contributed by atoms with Crippen molar-refractivity contribution in [1.82, 2.24) is 4.57 Å². The summed E-state index contributed by atoms with van der Waals surface area (Å²) in [4.78, 5) is 13.0. The van der Waals surface area contributed by atoms with Crippen molar-refractivity contribution in [3.63, 3.8) is 0 Å². The molecule has 6 heteroatoms. The number of nitrogens with one attached hydrogen (secondary N) is 1. The highest BCUT2D eigenvalue weighted by Crippen LogP contribution is 2.23. The van der Waals surface area contributed by atoms with Gasteiger partial charge in [0.25, 0.3) is 0 Å². The molecule has 0 bridgehead atoms. The molecule has 1 heterocycles. The van der Waals surface area contributed by atoms with E-state index in [2.05, 4.69) is 9.88 Å². The van der Waals surface area contributed by atoms with Gasteiger partial charge in [-0.3, -0.25) is 9.69 Å². The van der Waals surface area contributed by atoms with E-state index >= 15 is 0 Å². The van der Waals surface area contributed by atoms with Gasteiger partial charge in [-0.25, -0.2) is 0 Å². The zero-order chi connectivity index (χ0) is 22.7. The van der Waals surface area contributed by atoms with Gasteiger partial charge in [0, 0.05) is 36.2 Å². The lowest BCUT2D eigenvalue weighted by atomic mass is 10.3. The summed E-state index contributed by atoms with van der Waals surface area (Å²) >= 11 is 0. The number of aromatic nitrogens is 1. The van der Waals surface area contributed by atoms with Crippen LogP contribution in [0.1, 0.15) is 0 Å². The Morgan fingerprint density at radius 3 is 2.15 bits per heavy atom. The van der Waals surface area contributed by atoms with Gasteiger partial charge in [0.15, 0.2) is 0 Å². The SMILES string of the molecule is O=CN(/C=C\Nc1ccc(Oc2ccccc2)cc1)c1ccc(OCCn2cccc2)cc1. The number of amides is 1. The maximum atomic E-state index is 11.6. The molecule has 1 N–H and O–H groups in total.